The van der Waals surface area contributed by atoms with E-state index in [1.54, 1.807) is 11.3 Å². The summed E-state index contributed by atoms with van der Waals surface area (Å²) in [4.78, 5) is 14.5. The molecule has 0 atom stereocenters. The summed E-state index contributed by atoms with van der Waals surface area (Å²) in [7, 11) is 0. The van der Waals surface area contributed by atoms with E-state index in [1.807, 2.05) is 21.7 Å². The molecule has 3 nitrogen and oxygen atoms in total. The summed E-state index contributed by atoms with van der Waals surface area (Å²) in [6.07, 6.45) is 2.36. The van der Waals surface area contributed by atoms with Gasteiger partial charge in [-0.3, -0.25) is 4.79 Å². The smallest absolute Gasteiger partial charge is 0.254 e. The summed E-state index contributed by atoms with van der Waals surface area (Å²) >= 11 is 1.59. The van der Waals surface area contributed by atoms with Gasteiger partial charge in [0.1, 0.15) is 0 Å². The number of amides is 1. The fourth-order valence-corrected chi connectivity index (χ4v) is 3.05. The highest BCUT2D eigenvalue weighted by molar-refractivity contribution is 7.08. The molecule has 0 saturated carbocycles. The van der Waals surface area contributed by atoms with Crippen LogP contribution in [0.25, 0.3) is 0 Å². The number of hydrogen-bond donors (Lipinski definition) is 1. The van der Waals surface area contributed by atoms with Gasteiger partial charge in [-0.05, 0) is 57.1 Å². The van der Waals surface area contributed by atoms with Crippen LogP contribution in [0.2, 0.25) is 0 Å². The zero-order chi connectivity index (χ0) is 13.0. The van der Waals surface area contributed by atoms with Gasteiger partial charge in [-0.1, -0.05) is 0 Å². The van der Waals surface area contributed by atoms with Gasteiger partial charge < -0.3 is 10.2 Å². The van der Waals surface area contributed by atoms with E-state index < -0.39 is 0 Å². The molecular formula is C14H22N2OS. The van der Waals surface area contributed by atoms with E-state index >= 15 is 0 Å². The molecule has 1 N–H and O–H groups in total. The van der Waals surface area contributed by atoms with Gasteiger partial charge in [0, 0.05) is 18.0 Å². The van der Waals surface area contributed by atoms with Crippen molar-refractivity contribution in [1.29, 1.82) is 0 Å². The largest absolute Gasteiger partial charge is 0.336 e. The Bertz CT molecular complexity index is 369. The fraction of sp³-hybridized carbons (Fsp3) is 0.643. The molecular weight excluding hydrogens is 244 g/mol. The lowest BCUT2D eigenvalue weighted by Crippen LogP contribution is -2.42. The number of carbonyl (C=O) groups excluding carboxylic acids is 1. The van der Waals surface area contributed by atoms with Crippen molar-refractivity contribution < 1.29 is 4.79 Å². The average Bonchev–Trinajstić information content (AvgIpc) is 2.90. The lowest BCUT2D eigenvalue weighted by Gasteiger charge is -2.32. The Labute approximate surface area is 113 Å². The first-order valence-electron chi connectivity index (χ1n) is 6.72. The quantitative estimate of drug-likeness (QED) is 0.908. The van der Waals surface area contributed by atoms with E-state index in [1.165, 1.54) is 12.8 Å². The van der Waals surface area contributed by atoms with E-state index in [9.17, 15) is 4.79 Å². The Morgan fingerprint density at radius 3 is 2.78 bits per heavy atom. The van der Waals surface area contributed by atoms with Gasteiger partial charge in [0.25, 0.3) is 5.91 Å². The highest BCUT2D eigenvalue weighted by atomic mass is 32.1. The van der Waals surface area contributed by atoms with Crippen molar-refractivity contribution in [2.24, 2.45) is 5.92 Å². The predicted molar refractivity (Wildman–Crippen MR) is 76.1 cm³/mol. The second-order valence-electron chi connectivity index (χ2n) is 5.26. The SMILES string of the molecule is CC(C)N(CC1CCNCC1)C(=O)c1ccsc1. The van der Waals surface area contributed by atoms with Crippen LogP contribution < -0.4 is 5.32 Å². The van der Waals surface area contributed by atoms with Crippen molar-refractivity contribution in [3.63, 3.8) is 0 Å². The first kappa shape index (κ1) is 13.6. The van der Waals surface area contributed by atoms with Gasteiger partial charge in [0.05, 0.1) is 5.56 Å². The monoisotopic (exact) mass is 266 g/mol. The molecule has 2 heterocycles. The number of hydrogen-bond acceptors (Lipinski definition) is 3. The number of piperidine rings is 1. The summed E-state index contributed by atoms with van der Waals surface area (Å²) in [6, 6.07) is 2.19. The molecule has 0 radical (unpaired) electrons. The predicted octanol–water partition coefficient (Wildman–Crippen LogP) is 2.60. The van der Waals surface area contributed by atoms with Crippen molar-refractivity contribution in [3.8, 4) is 0 Å². The number of nitrogens with one attached hydrogen (secondary N) is 1. The Morgan fingerprint density at radius 1 is 1.50 bits per heavy atom. The normalized spacial score (nSPS) is 17.1. The topological polar surface area (TPSA) is 32.3 Å². The number of nitrogens with zero attached hydrogens (tertiary/aromatic N) is 1. The second kappa shape index (κ2) is 6.34. The van der Waals surface area contributed by atoms with Crippen LogP contribution in [0, 0.1) is 5.92 Å². The van der Waals surface area contributed by atoms with Gasteiger partial charge in [0.15, 0.2) is 0 Å². The summed E-state index contributed by atoms with van der Waals surface area (Å²) in [5, 5.41) is 7.29. The Morgan fingerprint density at radius 2 is 2.22 bits per heavy atom. The molecule has 0 aliphatic carbocycles. The molecule has 100 valence electrons. The van der Waals surface area contributed by atoms with Crippen LogP contribution in [-0.2, 0) is 0 Å². The first-order chi connectivity index (χ1) is 8.68. The van der Waals surface area contributed by atoms with E-state index in [2.05, 4.69) is 19.2 Å². The van der Waals surface area contributed by atoms with Gasteiger partial charge >= 0.3 is 0 Å². The highest BCUT2D eigenvalue weighted by Gasteiger charge is 2.23. The fourth-order valence-electron chi connectivity index (χ4n) is 2.42. The van der Waals surface area contributed by atoms with Crippen molar-refractivity contribution in [3.05, 3.63) is 22.4 Å². The minimum absolute atomic E-state index is 0.185. The van der Waals surface area contributed by atoms with Gasteiger partial charge in [-0.15, -0.1) is 0 Å². The second-order valence-corrected chi connectivity index (χ2v) is 6.04. The third-order valence-corrected chi connectivity index (χ3v) is 4.25. The van der Waals surface area contributed by atoms with Gasteiger partial charge in [-0.2, -0.15) is 11.3 Å². The van der Waals surface area contributed by atoms with Crippen LogP contribution in [0.1, 0.15) is 37.0 Å². The van der Waals surface area contributed by atoms with Crippen molar-refractivity contribution in [1.82, 2.24) is 10.2 Å². The molecule has 18 heavy (non-hydrogen) atoms. The summed E-state index contributed by atoms with van der Waals surface area (Å²) in [5.41, 5.74) is 0.836. The first-order valence-corrected chi connectivity index (χ1v) is 7.66. The zero-order valence-electron chi connectivity index (χ0n) is 11.2. The molecule has 1 aliphatic rings. The van der Waals surface area contributed by atoms with Crippen LogP contribution in [0.3, 0.4) is 0 Å². The number of carbonyl (C=O) groups is 1. The molecule has 1 amide bonds. The molecule has 0 aromatic carbocycles. The molecule has 4 heteroatoms. The third kappa shape index (κ3) is 3.33. The Balaban J connectivity index is 2.01. The standard InChI is InChI=1S/C14H22N2OS/c1-11(2)16(9-12-3-6-15-7-4-12)14(17)13-5-8-18-10-13/h5,8,10-12,15H,3-4,6-7,9H2,1-2H3. The van der Waals surface area contributed by atoms with Gasteiger partial charge in [-0.25, -0.2) is 0 Å². The van der Waals surface area contributed by atoms with E-state index in [-0.39, 0.29) is 11.9 Å². The molecule has 1 aliphatic heterocycles. The molecule has 0 bridgehead atoms. The molecule has 2 rings (SSSR count). The van der Waals surface area contributed by atoms with Crippen molar-refractivity contribution in [2.45, 2.75) is 32.7 Å². The van der Waals surface area contributed by atoms with Crippen molar-refractivity contribution in [2.75, 3.05) is 19.6 Å². The van der Waals surface area contributed by atoms with E-state index in [0.717, 1.165) is 25.2 Å². The molecule has 1 aromatic heterocycles. The van der Waals surface area contributed by atoms with Gasteiger partial charge in [0.2, 0.25) is 0 Å². The van der Waals surface area contributed by atoms with Crippen LogP contribution >= 0.6 is 11.3 Å². The van der Waals surface area contributed by atoms with Crippen molar-refractivity contribution >= 4 is 17.2 Å². The molecule has 0 unspecified atom stereocenters. The maximum atomic E-state index is 12.4. The highest BCUT2D eigenvalue weighted by Crippen LogP contribution is 2.18. The number of rotatable bonds is 4. The van der Waals surface area contributed by atoms with Crippen LogP contribution in [0.5, 0.6) is 0 Å². The molecule has 1 aromatic rings. The Kier molecular flexibility index (Phi) is 4.78. The summed E-state index contributed by atoms with van der Waals surface area (Å²) in [5.74, 6) is 0.834. The maximum Gasteiger partial charge on any atom is 0.254 e. The van der Waals surface area contributed by atoms with E-state index in [0.29, 0.717) is 5.92 Å². The van der Waals surface area contributed by atoms with E-state index in [4.69, 9.17) is 0 Å². The zero-order valence-corrected chi connectivity index (χ0v) is 12.0. The Hall–Kier alpha value is -0.870. The molecule has 0 spiro atoms. The summed E-state index contributed by atoms with van der Waals surface area (Å²) < 4.78 is 0. The van der Waals surface area contributed by atoms with Crippen LogP contribution in [-0.4, -0.2) is 36.5 Å². The van der Waals surface area contributed by atoms with Crippen LogP contribution in [0.4, 0.5) is 0 Å². The lowest BCUT2D eigenvalue weighted by molar-refractivity contribution is 0.0658. The number of thiophene rings is 1. The minimum atomic E-state index is 0.185. The summed E-state index contributed by atoms with van der Waals surface area (Å²) in [6.45, 7) is 7.28. The lowest BCUT2D eigenvalue weighted by atomic mass is 9.97. The minimum Gasteiger partial charge on any atom is -0.336 e. The molecule has 1 saturated heterocycles. The van der Waals surface area contributed by atoms with Crippen LogP contribution in [0.15, 0.2) is 16.8 Å². The maximum absolute atomic E-state index is 12.4. The third-order valence-electron chi connectivity index (χ3n) is 3.57. The average molecular weight is 266 g/mol. The molecule has 1 fully saturated rings.